The van der Waals surface area contributed by atoms with Crippen molar-refractivity contribution in [1.29, 1.82) is 0 Å². The van der Waals surface area contributed by atoms with E-state index in [2.05, 4.69) is 4.98 Å². The Morgan fingerprint density at radius 2 is 2.20 bits per heavy atom. The molecule has 1 aromatic rings. The molecule has 1 amide bonds. The van der Waals surface area contributed by atoms with Crippen LogP contribution in [0.25, 0.3) is 0 Å². The van der Waals surface area contributed by atoms with Crippen molar-refractivity contribution in [2.75, 3.05) is 11.4 Å². The lowest BCUT2D eigenvalue weighted by Crippen LogP contribution is -2.33. The van der Waals surface area contributed by atoms with Gasteiger partial charge < -0.3 is 15.7 Å². The van der Waals surface area contributed by atoms with Crippen LogP contribution in [-0.4, -0.2) is 34.6 Å². The maximum Gasteiger partial charge on any atom is 0.305 e. The second kappa shape index (κ2) is 5.48. The standard InChI is InChI=1S/C14H19N3O3/c1-8-6-11(13(14(15)20)9(2)16-8)17-5-3-4-10(17)7-12(18)19/h6,10H,3-5,7H2,1-2H3,(H2,15,20)(H,18,19). The average molecular weight is 277 g/mol. The Kier molecular flexibility index (Phi) is 3.92. The molecule has 6 heteroatoms. The summed E-state index contributed by atoms with van der Waals surface area (Å²) in [7, 11) is 0. The lowest BCUT2D eigenvalue weighted by Gasteiger charge is -2.28. The number of nitrogens with zero attached hydrogens (tertiary/aromatic N) is 2. The van der Waals surface area contributed by atoms with E-state index in [4.69, 9.17) is 10.8 Å². The maximum atomic E-state index is 11.7. The molecular weight excluding hydrogens is 258 g/mol. The molecule has 1 aromatic heterocycles. The minimum Gasteiger partial charge on any atom is -0.481 e. The fourth-order valence-corrected chi connectivity index (χ4v) is 2.91. The minimum atomic E-state index is -0.829. The summed E-state index contributed by atoms with van der Waals surface area (Å²) in [5.41, 5.74) is 7.95. The lowest BCUT2D eigenvalue weighted by atomic mass is 10.1. The summed E-state index contributed by atoms with van der Waals surface area (Å²) in [6, 6.07) is 1.72. The highest BCUT2D eigenvalue weighted by molar-refractivity contribution is 6.00. The molecular formula is C14H19N3O3. The molecule has 20 heavy (non-hydrogen) atoms. The van der Waals surface area contributed by atoms with E-state index in [9.17, 15) is 9.59 Å². The van der Waals surface area contributed by atoms with Gasteiger partial charge in [-0.3, -0.25) is 14.6 Å². The monoisotopic (exact) mass is 277 g/mol. The molecule has 1 aliphatic rings. The number of pyridine rings is 1. The third-order valence-corrected chi connectivity index (χ3v) is 3.65. The number of aromatic nitrogens is 1. The van der Waals surface area contributed by atoms with Crippen LogP contribution in [0, 0.1) is 13.8 Å². The lowest BCUT2D eigenvalue weighted by molar-refractivity contribution is -0.137. The number of carbonyl (C=O) groups excluding carboxylic acids is 1. The average Bonchev–Trinajstić information content (AvgIpc) is 2.74. The smallest absolute Gasteiger partial charge is 0.305 e. The summed E-state index contributed by atoms with van der Waals surface area (Å²) in [6.07, 6.45) is 1.79. The van der Waals surface area contributed by atoms with Gasteiger partial charge in [0.2, 0.25) is 0 Å². The van der Waals surface area contributed by atoms with Crippen LogP contribution >= 0.6 is 0 Å². The van der Waals surface area contributed by atoms with Gasteiger partial charge in [-0.05, 0) is 32.8 Å². The van der Waals surface area contributed by atoms with Gasteiger partial charge in [-0.25, -0.2) is 0 Å². The molecule has 0 spiro atoms. The van der Waals surface area contributed by atoms with Crippen LogP contribution in [0.5, 0.6) is 0 Å². The van der Waals surface area contributed by atoms with Crippen molar-refractivity contribution in [3.63, 3.8) is 0 Å². The zero-order chi connectivity index (χ0) is 14.9. The normalized spacial score (nSPS) is 18.3. The van der Waals surface area contributed by atoms with Crippen LogP contribution in [0.3, 0.4) is 0 Å². The zero-order valence-electron chi connectivity index (χ0n) is 11.7. The third kappa shape index (κ3) is 2.74. The Hall–Kier alpha value is -2.11. The third-order valence-electron chi connectivity index (χ3n) is 3.65. The van der Waals surface area contributed by atoms with Crippen LogP contribution in [0.2, 0.25) is 0 Å². The Labute approximate surface area is 117 Å². The number of hydrogen-bond acceptors (Lipinski definition) is 4. The number of aryl methyl sites for hydroxylation is 2. The van der Waals surface area contributed by atoms with E-state index in [-0.39, 0.29) is 12.5 Å². The molecule has 0 aromatic carbocycles. The number of carboxylic acid groups (broad SMARTS) is 1. The maximum absolute atomic E-state index is 11.7. The van der Waals surface area contributed by atoms with E-state index in [0.717, 1.165) is 25.1 Å². The van der Waals surface area contributed by atoms with Gasteiger partial charge in [0.1, 0.15) is 0 Å². The van der Waals surface area contributed by atoms with Crippen LogP contribution in [-0.2, 0) is 4.79 Å². The predicted molar refractivity (Wildman–Crippen MR) is 74.8 cm³/mol. The Balaban J connectivity index is 2.45. The summed E-state index contributed by atoms with van der Waals surface area (Å²) >= 11 is 0. The van der Waals surface area contributed by atoms with Crippen molar-refractivity contribution < 1.29 is 14.7 Å². The summed E-state index contributed by atoms with van der Waals surface area (Å²) in [5, 5.41) is 9.00. The topological polar surface area (TPSA) is 96.5 Å². The summed E-state index contributed by atoms with van der Waals surface area (Å²) in [4.78, 5) is 28.9. The highest BCUT2D eigenvalue weighted by Crippen LogP contribution is 2.31. The van der Waals surface area contributed by atoms with Gasteiger partial charge in [0.05, 0.1) is 23.4 Å². The van der Waals surface area contributed by atoms with E-state index in [1.54, 1.807) is 6.92 Å². The molecule has 2 heterocycles. The summed E-state index contributed by atoms with van der Waals surface area (Å²) < 4.78 is 0. The number of anilines is 1. The van der Waals surface area contributed by atoms with E-state index < -0.39 is 11.9 Å². The van der Waals surface area contributed by atoms with Gasteiger partial charge in [0, 0.05) is 18.3 Å². The van der Waals surface area contributed by atoms with Crippen molar-refractivity contribution in [3.05, 3.63) is 23.0 Å². The highest BCUT2D eigenvalue weighted by Gasteiger charge is 2.30. The molecule has 2 rings (SSSR count). The van der Waals surface area contributed by atoms with E-state index in [1.807, 2.05) is 17.9 Å². The number of nitrogens with two attached hydrogens (primary N) is 1. The minimum absolute atomic E-state index is 0.0681. The Morgan fingerprint density at radius 3 is 2.80 bits per heavy atom. The number of rotatable bonds is 4. The number of amides is 1. The van der Waals surface area contributed by atoms with Crippen molar-refractivity contribution >= 4 is 17.6 Å². The van der Waals surface area contributed by atoms with Gasteiger partial charge in [-0.1, -0.05) is 0 Å². The van der Waals surface area contributed by atoms with Gasteiger partial charge in [-0.2, -0.15) is 0 Å². The van der Waals surface area contributed by atoms with Gasteiger partial charge in [0.15, 0.2) is 0 Å². The predicted octanol–water partition coefficient (Wildman–Crippen LogP) is 1.24. The number of primary amides is 1. The number of carbonyl (C=O) groups is 2. The second-order valence-electron chi connectivity index (χ2n) is 5.19. The van der Waals surface area contributed by atoms with Gasteiger partial charge in [0.25, 0.3) is 5.91 Å². The van der Waals surface area contributed by atoms with E-state index >= 15 is 0 Å². The van der Waals surface area contributed by atoms with Crippen molar-refractivity contribution in [3.8, 4) is 0 Å². The fraction of sp³-hybridized carbons (Fsp3) is 0.500. The molecule has 1 aliphatic heterocycles. The first-order valence-corrected chi connectivity index (χ1v) is 6.66. The first-order chi connectivity index (χ1) is 9.40. The fourth-order valence-electron chi connectivity index (χ4n) is 2.91. The van der Waals surface area contributed by atoms with Gasteiger partial charge in [-0.15, -0.1) is 0 Å². The molecule has 0 bridgehead atoms. The molecule has 1 atom stereocenters. The summed E-state index contributed by atoms with van der Waals surface area (Å²) in [5.74, 6) is -1.35. The molecule has 1 saturated heterocycles. The number of hydrogen-bond donors (Lipinski definition) is 2. The van der Waals surface area contributed by atoms with Crippen molar-refractivity contribution in [2.45, 2.75) is 39.2 Å². The molecule has 108 valence electrons. The first kappa shape index (κ1) is 14.3. The summed E-state index contributed by atoms with van der Waals surface area (Å²) in [6.45, 7) is 4.34. The molecule has 0 aliphatic carbocycles. The molecule has 1 fully saturated rings. The quantitative estimate of drug-likeness (QED) is 0.863. The second-order valence-corrected chi connectivity index (χ2v) is 5.19. The highest BCUT2D eigenvalue weighted by atomic mass is 16.4. The van der Waals surface area contributed by atoms with E-state index in [1.165, 1.54) is 0 Å². The van der Waals surface area contributed by atoms with Crippen LogP contribution in [0.15, 0.2) is 6.07 Å². The first-order valence-electron chi connectivity index (χ1n) is 6.66. The van der Waals surface area contributed by atoms with Crippen LogP contribution < -0.4 is 10.6 Å². The number of carboxylic acids is 1. The molecule has 1 unspecified atom stereocenters. The van der Waals surface area contributed by atoms with Crippen LogP contribution in [0.4, 0.5) is 5.69 Å². The van der Waals surface area contributed by atoms with E-state index in [0.29, 0.717) is 16.9 Å². The largest absolute Gasteiger partial charge is 0.481 e. The molecule has 0 saturated carbocycles. The molecule has 0 radical (unpaired) electrons. The molecule has 3 N–H and O–H groups in total. The van der Waals surface area contributed by atoms with Crippen LogP contribution in [0.1, 0.15) is 41.0 Å². The van der Waals surface area contributed by atoms with Crippen molar-refractivity contribution in [2.24, 2.45) is 5.73 Å². The molecule has 6 nitrogen and oxygen atoms in total. The number of aliphatic carboxylic acids is 1. The Morgan fingerprint density at radius 1 is 1.50 bits per heavy atom. The Bertz CT molecular complexity index is 557. The zero-order valence-corrected chi connectivity index (χ0v) is 11.7. The van der Waals surface area contributed by atoms with Crippen molar-refractivity contribution in [1.82, 2.24) is 4.98 Å². The SMILES string of the molecule is Cc1cc(N2CCCC2CC(=O)O)c(C(N)=O)c(C)n1. The van der Waals surface area contributed by atoms with Gasteiger partial charge >= 0.3 is 5.97 Å².